The summed E-state index contributed by atoms with van der Waals surface area (Å²) in [5.74, 6) is -0.704. The second-order valence-electron chi connectivity index (χ2n) is 11.1. The molecule has 0 aliphatic heterocycles. The lowest BCUT2D eigenvalue weighted by atomic mass is 9.92. The molecule has 0 saturated carbocycles. The maximum atomic E-state index is 14.2. The molecule has 0 bridgehead atoms. The number of benzene rings is 3. The predicted octanol–water partition coefficient (Wildman–Crippen LogP) is 6.59. The van der Waals surface area contributed by atoms with Gasteiger partial charge in [-0.1, -0.05) is 55.5 Å². The number of hydrogen-bond acceptors (Lipinski definition) is 5. The summed E-state index contributed by atoms with van der Waals surface area (Å²) in [7, 11) is 0. The van der Waals surface area contributed by atoms with E-state index in [-0.39, 0.29) is 17.7 Å². The van der Waals surface area contributed by atoms with Crippen LogP contribution in [0.3, 0.4) is 0 Å². The van der Waals surface area contributed by atoms with Gasteiger partial charge in [-0.25, -0.2) is 4.79 Å². The third kappa shape index (κ3) is 7.56. The highest BCUT2D eigenvalue weighted by Crippen LogP contribution is 2.32. The topological polar surface area (TPSA) is 87.7 Å². The number of carbonyl (C=O) groups is 3. The van der Waals surface area contributed by atoms with Crippen molar-refractivity contribution in [3.63, 3.8) is 0 Å². The summed E-state index contributed by atoms with van der Waals surface area (Å²) in [4.78, 5) is 42.6. The van der Waals surface area contributed by atoms with Crippen LogP contribution in [0.2, 0.25) is 0 Å². The quantitative estimate of drug-likeness (QED) is 0.257. The molecule has 0 aliphatic rings. The summed E-state index contributed by atoms with van der Waals surface area (Å²) < 4.78 is 5.40. The standard InChI is InChI=1S/C32H41N3O4S/c1-8-22(4)35(30(37)26(19-40)34-31(38)39-32(5,6)7)28(27-20(2)12-11-13-21(27)3)29(36)33-25-17-16-23-14-9-10-15-24(23)18-25/h9-18,22,26,28,40H,8,19H2,1-7H3,(H,33,36)(H,34,38). The molecule has 0 spiro atoms. The number of rotatable bonds is 9. The molecule has 3 unspecified atom stereocenters. The molecular weight excluding hydrogens is 522 g/mol. The van der Waals surface area contributed by atoms with Gasteiger partial charge in [0, 0.05) is 17.5 Å². The van der Waals surface area contributed by atoms with E-state index in [1.54, 1.807) is 25.7 Å². The van der Waals surface area contributed by atoms with Gasteiger partial charge >= 0.3 is 6.09 Å². The molecule has 0 aromatic heterocycles. The van der Waals surface area contributed by atoms with Gasteiger partial charge in [0.25, 0.3) is 5.91 Å². The van der Waals surface area contributed by atoms with Crippen molar-refractivity contribution in [3.05, 3.63) is 77.4 Å². The summed E-state index contributed by atoms with van der Waals surface area (Å²) >= 11 is 4.38. The number of ether oxygens (including phenoxy) is 1. The van der Waals surface area contributed by atoms with Crippen LogP contribution < -0.4 is 10.6 Å². The van der Waals surface area contributed by atoms with Gasteiger partial charge in [-0.3, -0.25) is 9.59 Å². The Balaban J connectivity index is 2.07. The van der Waals surface area contributed by atoms with Crippen molar-refractivity contribution in [3.8, 4) is 0 Å². The molecule has 3 aromatic rings. The van der Waals surface area contributed by atoms with Gasteiger partial charge in [0.15, 0.2) is 0 Å². The van der Waals surface area contributed by atoms with E-state index in [4.69, 9.17) is 4.74 Å². The number of aryl methyl sites for hydroxylation is 2. The molecule has 7 nitrogen and oxygen atoms in total. The van der Waals surface area contributed by atoms with E-state index >= 15 is 0 Å². The van der Waals surface area contributed by atoms with Crippen molar-refractivity contribution in [2.24, 2.45) is 0 Å². The van der Waals surface area contributed by atoms with Crippen molar-refractivity contribution in [1.82, 2.24) is 10.2 Å². The van der Waals surface area contributed by atoms with Gasteiger partial charge in [-0.15, -0.1) is 0 Å². The summed E-state index contributed by atoms with van der Waals surface area (Å²) in [6, 6.07) is 17.2. The van der Waals surface area contributed by atoms with Crippen molar-refractivity contribution >= 4 is 47.0 Å². The molecule has 0 fully saturated rings. The Bertz CT molecular complexity index is 1350. The number of alkyl carbamates (subject to hydrolysis) is 1. The maximum absolute atomic E-state index is 14.2. The van der Waals surface area contributed by atoms with Crippen LogP contribution in [0.25, 0.3) is 10.8 Å². The summed E-state index contributed by atoms with van der Waals surface area (Å²) in [5.41, 5.74) is 2.44. The Hall–Kier alpha value is -3.52. The van der Waals surface area contributed by atoms with Crippen LogP contribution in [0, 0.1) is 13.8 Å². The van der Waals surface area contributed by atoms with E-state index in [0.717, 1.165) is 27.5 Å². The molecule has 3 atom stereocenters. The normalized spacial score (nSPS) is 13.7. The van der Waals surface area contributed by atoms with Crippen LogP contribution in [0.5, 0.6) is 0 Å². The molecular formula is C32H41N3O4S. The molecule has 40 heavy (non-hydrogen) atoms. The molecule has 0 heterocycles. The molecule has 0 aliphatic carbocycles. The number of anilines is 1. The molecule has 214 valence electrons. The SMILES string of the molecule is CCC(C)N(C(=O)C(CS)NC(=O)OC(C)(C)C)C(C(=O)Nc1ccc2ccccc2c1)c1c(C)cccc1C. The van der Waals surface area contributed by atoms with Gasteiger partial charge in [-0.05, 0) is 87.6 Å². The third-order valence-corrected chi connectivity index (χ3v) is 7.22. The Morgan fingerprint density at radius 3 is 2.15 bits per heavy atom. The van der Waals surface area contributed by atoms with Gasteiger partial charge in [-0.2, -0.15) is 12.6 Å². The average molecular weight is 564 g/mol. The van der Waals surface area contributed by atoms with Crippen LogP contribution >= 0.6 is 12.6 Å². The monoisotopic (exact) mass is 563 g/mol. The number of thiol groups is 1. The minimum absolute atomic E-state index is 0.0385. The van der Waals surface area contributed by atoms with E-state index in [2.05, 4.69) is 23.3 Å². The highest BCUT2D eigenvalue weighted by molar-refractivity contribution is 7.80. The fourth-order valence-electron chi connectivity index (χ4n) is 4.74. The lowest BCUT2D eigenvalue weighted by Crippen LogP contribution is -2.55. The summed E-state index contributed by atoms with van der Waals surface area (Å²) in [6.45, 7) is 13.0. The number of amides is 3. The molecule has 3 amide bonds. The number of hydrogen-bond donors (Lipinski definition) is 3. The lowest BCUT2D eigenvalue weighted by Gasteiger charge is -2.39. The zero-order valence-electron chi connectivity index (χ0n) is 24.4. The first-order chi connectivity index (χ1) is 18.9. The van der Waals surface area contributed by atoms with E-state index in [0.29, 0.717) is 12.1 Å². The van der Waals surface area contributed by atoms with Crippen molar-refractivity contribution in [2.75, 3.05) is 11.1 Å². The highest BCUT2D eigenvalue weighted by atomic mass is 32.1. The summed E-state index contributed by atoms with van der Waals surface area (Å²) in [5, 5.41) is 7.79. The minimum atomic E-state index is -0.993. The molecule has 0 saturated heterocycles. The first-order valence-electron chi connectivity index (χ1n) is 13.6. The largest absolute Gasteiger partial charge is 0.444 e. The third-order valence-electron chi connectivity index (χ3n) is 6.85. The smallest absolute Gasteiger partial charge is 0.408 e. The van der Waals surface area contributed by atoms with Crippen molar-refractivity contribution in [1.29, 1.82) is 0 Å². The van der Waals surface area contributed by atoms with E-state index in [1.807, 2.05) is 88.4 Å². The first-order valence-corrected chi connectivity index (χ1v) is 14.3. The zero-order valence-corrected chi connectivity index (χ0v) is 25.3. The Morgan fingerprint density at radius 2 is 1.57 bits per heavy atom. The molecule has 3 rings (SSSR count). The lowest BCUT2D eigenvalue weighted by molar-refractivity contribution is -0.143. The van der Waals surface area contributed by atoms with Crippen LogP contribution in [0.4, 0.5) is 10.5 Å². The number of fused-ring (bicyclic) bond motifs is 1. The van der Waals surface area contributed by atoms with E-state index < -0.39 is 29.7 Å². The molecule has 8 heteroatoms. The Morgan fingerprint density at radius 1 is 0.950 bits per heavy atom. The van der Waals surface area contributed by atoms with Crippen molar-refractivity contribution < 1.29 is 19.1 Å². The van der Waals surface area contributed by atoms with Gasteiger partial charge in [0.2, 0.25) is 5.91 Å². The minimum Gasteiger partial charge on any atom is -0.444 e. The first kappa shape index (κ1) is 31.0. The van der Waals surface area contributed by atoms with Gasteiger partial charge in [0.05, 0.1) is 0 Å². The van der Waals surface area contributed by atoms with Crippen LogP contribution in [0.15, 0.2) is 60.7 Å². The predicted molar refractivity (Wildman–Crippen MR) is 165 cm³/mol. The average Bonchev–Trinajstić information content (AvgIpc) is 2.89. The summed E-state index contributed by atoms with van der Waals surface area (Å²) in [6.07, 6.45) is -0.115. The maximum Gasteiger partial charge on any atom is 0.408 e. The Kier molecular flexibility index (Phi) is 10.3. The van der Waals surface area contributed by atoms with Gasteiger partial charge < -0.3 is 20.3 Å². The van der Waals surface area contributed by atoms with Crippen LogP contribution in [-0.4, -0.2) is 46.2 Å². The second-order valence-corrected chi connectivity index (χ2v) is 11.5. The zero-order chi connectivity index (χ0) is 29.6. The highest BCUT2D eigenvalue weighted by Gasteiger charge is 2.39. The fourth-order valence-corrected chi connectivity index (χ4v) is 4.99. The van der Waals surface area contributed by atoms with Crippen molar-refractivity contribution in [2.45, 2.75) is 78.6 Å². The van der Waals surface area contributed by atoms with E-state index in [9.17, 15) is 14.4 Å². The van der Waals surface area contributed by atoms with Crippen LogP contribution in [0.1, 0.15) is 63.8 Å². The number of nitrogens with one attached hydrogen (secondary N) is 2. The van der Waals surface area contributed by atoms with Crippen LogP contribution in [-0.2, 0) is 14.3 Å². The van der Waals surface area contributed by atoms with Gasteiger partial charge in [0.1, 0.15) is 17.7 Å². The second kappa shape index (κ2) is 13.2. The molecule has 3 aromatic carbocycles. The van der Waals surface area contributed by atoms with E-state index in [1.165, 1.54) is 0 Å². The molecule has 2 N–H and O–H groups in total. The number of carbonyl (C=O) groups excluding carboxylic acids is 3. The number of nitrogens with zero attached hydrogens (tertiary/aromatic N) is 1. The fraction of sp³-hybridized carbons (Fsp3) is 0.406. The molecule has 0 radical (unpaired) electrons. The Labute approximate surface area is 243 Å².